The predicted octanol–water partition coefficient (Wildman–Crippen LogP) is 2.56. The molecule has 0 aliphatic carbocycles. The minimum atomic E-state index is -0.294. The number of esters is 1. The maximum absolute atomic E-state index is 11.6. The van der Waals surface area contributed by atoms with Crippen molar-refractivity contribution in [3.8, 4) is 5.75 Å². The molecule has 0 aliphatic rings. The molecule has 0 amide bonds. The van der Waals surface area contributed by atoms with E-state index in [1.54, 1.807) is 7.11 Å². The van der Waals surface area contributed by atoms with Crippen LogP contribution >= 0.6 is 0 Å². The molecule has 112 valence electrons. The monoisotopic (exact) mass is 279 g/mol. The summed E-state index contributed by atoms with van der Waals surface area (Å²) in [5.74, 6) is 0.648. The molecule has 1 aromatic carbocycles. The molecule has 4 nitrogen and oxygen atoms in total. The van der Waals surface area contributed by atoms with Crippen molar-refractivity contribution >= 4 is 5.97 Å². The van der Waals surface area contributed by atoms with Crippen molar-refractivity contribution in [2.24, 2.45) is 0 Å². The van der Waals surface area contributed by atoms with Crippen molar-refractivity contribution in [3.63, 3.8) is 0 Å². The fraction of sp³-hybridized carbons (Fsp3) is 0.562. The van der Waals surface area contributed by atoms with Gasteiger partial charge in [0.05, 0.1) is 20.6 Å². The van der Waals surface area contributed by atoms with Gasteiger partial charge in [0, 0.05) is 5.54 Å². The molecule has 0 aromatic heterocycles. The fourth-order valence-electron chi connectivity index (χ4n) is 2.20. The third-order valence-electron chi connectivity index (χ3n) is 3.32. The quantitative estimate of drug-likeness (QED) is 0.743. The number of nitrogens with one attached hydrogen (secondary N) is 1. The number of hydrogen-bond acceptors (Lipinski definition) is 4. The molecule has 0 radical (unpaired) electrons. The molecule has 1 aromatic rings. The summed E-state index contributed by atoms with van der Waals surface area (Å²) in [5, 5.41) is 3.46. The topological polar surface area (TPSA) is 47.6 Å². The highest BCUT2D eigenvalue weighted by Gasteiger charge is 2.27. The van der Waals surface area contributed by atoms with Gasteiger partial charge in [-0.2, -0.15) is 0 Å². The molecular weight excluding hydrogens is 254 g/mol. The van der Waals surface area contributed by atoms with Crippen LogP contribution in [0.5, 0.6) is 5.75 Å². The Bertz CT molecular complexity index is 416. The van der Waals surface area contributed by atoms with E-state index in [1.807, 2.05) is 24.3 Å². The highest BCUT2D eigenvalue weighted by atomic mass is 16.5. The van der Waals surface area contributed by atoms with Gasteiger partial charge in [-0.3, -0.25) is 4.79 Å². The van der Waals surface area contributed by atoms with E-state index < -0.39 is 0 Å². The molecule has 0 spiro atoms. The molecule has 1 rings (SSSR count). The number of carbonyl (C=O) groups is 1. The molecule has 0 bridgehead atoms. The first-order valence-electron chi connectivity index (χ1n) is 6.98. The lowest BCUT2D eigenvalue weighted by atomic mass is 9.89. The van der Waals surface area contributed by atoms with Crippen LogP contribution in [0.4, 0.5) is 0 Å². The van der Waals surface area contributed by atoms with Gasteiger partial charge in [-0.15, -0.1) is 0 Å². The maximum Gasteiger partial charge on any atom is 0.307 e. The average molecular weight is 279 g/mol. The standard InChI is InChI=1S/C16H25NO3/c1-5-10-17-16(2,12-15(18)20-4)11-13-6-8-14(19-3)9-7-13/h6-9,17H,5,10-12H2,1-4H3. The van der Waals surface area contributed by atoms with E-state index in [2.05, 4.69) is 19.2 Å². The van der Waals surface area contributed by atoms with Crippen LogP contribution in [0.15, 0.2) is 24.3 Å². The van der Waals surface area contributed by atoms with Crippen LogP contribution in [-0.2, 0) is 16.0 Å². The van der Waals surface area contributed by atoms with Crippen molar-refractivity contribution in [2.75, 3.05) is 20.8 Å². The van der Waals surface area contributed by atoms with Crippen LogP contribution < -0.4 is 10.1 Å². The molecule has 0 saturated heterocycles. The normalized spacial score (nSPS) is 13.6. The van der Waals surface area contributed by atoms with Crippen LogP contribution in [0.3, 0.4) is 0 Å². The molecule has 0 saturated carbocycles. The Balaban J connectivity index is 2.78. The maximum atomic E-state index is 11.6. The Labute approximate surface area is 121 Å². The van der Waals surface area contributed by atoms with Gasteiger partial charge in [0.1, 0.15) is 5.75 Å². The Morgan fingerprint density at radius 3 is 2.40 bits per heavy atom. The summed E-state index contributed by atoms with van der Waals surface area (Å²) < 4.78 is 9.96. The van der Waals surface area contributed by atoms with Crippen molar-refractivity contribution in [1.82, 2.24) is 5.32 Å². The van der Waals surface area contributed by atoms with Crippen LogP contribution in [0.1, 0.15) is 32.3 Å². The number of hydrogen-bond donors (Lipinski definition) is 1. The zero-order valence-corrected chi connectivity index (χ0v) is 12.9. The molecule has 0 heterocycles. The zero-order valence-electron chi connectivity index (χ0n) is 12.9. The van der Waals surface area contributed by atoms with E-state index >= 15 is 0 Å². The lowest BCUT2D eigenvalue weighted by Crippen LogP contribution is -2.46. The van der Waals surface area contributed by atoms with E-state index in [0.29, 0.717) is 6.42 Å². The van der Waals surface area contributed by atoms with Crippen LogP contribution in [0, 0.1) is 0 Å². The van der Waals surface area contributed by atoms with Crippen LogP contribution in [0.2, 0.25) is 0 Å². The van der Waals surface area contributed by atoms with Crippen LogP contribution in [0.25, 0.3) is 0 Å². The molecule has 0 aliphatic heterocycles. The summed E-state index contributed by atoms with van der Waals surface area (Å²) >= 11 is 0. The Morgan fingerprint density at radius 1 is 1.25 bits per heavy atom. The molecule has 20 heavy (non-hydrogen) atoms. The van der Waals surface area contributed by atoms with E-state index in [9.17, 15) is 4.79 Å². The minimum Gasteiger partial charge on any atom is -0.497 e. The highest BCUT2D eigenvalue weighted by Crippen LogP contribution is 2.20. The second kappa shape index (κ2) is 7.90. The van der Waals surface area contributed by atoms with Gasteiger partial charge in [0.2, 0.25) is 0 Å². The molecule has 0 fully saturated rings. The van der Waals surface area contributed by atoms with Gasteiger partial charge in [-0.25, -0.2) is 0 Å². The molecule has 1 N–H and O–H groups in total. The van der Waals surface area contributed by atoms with Gasteiger partial charge >= 0.3 is 5.97 Å². The Hall–Kier alpha value is -1.55. The van der Waals surface area contributed by atoms with Crippen molar-refractivity contribution < 1.29 is 14.3 Å². The largest absolute Gasteiger partial charge is 0.497 e. The predicted molar refractivity (Wildman–Crippen MR) is 80.0 cm³/mol. The SMILES string of the molecule is CCCNC(C)(CC(=O)OC)Cc1ccc(OC)cc1. The summed E-state index contributed by atoms with van der Waals surface area (Å²) in [7, 11) is 3.08. The van der Waals surface area contributed by atoms with E-state index in [-0.39, 0.29) is 11.5 Å². The summed E-state index contributed by atoms with van der Waals surface area (Å²) in [4.78, 5) is 11.6. The van der Waals surface area contributed by atoms with Gasteiger partial charge in [0.25, 0.3) is 0 Å². The van der Waals surface area contributed by atoms with E-state index in [0.717, 1.165) is 25.1 Å². The summed E-state index contributed by atoms with van der Waals surface area (Å²) in [6.07, 6.45) is 2.15. The number of rotatable bonds is 8. The minimum absolute atomic E-state index is 0.190. The molecule has 1 atom stereocenters. The number of benzene rings is 1. The molecular formula is C16H25NO3. The second-order valence-electron chi connectivity index (χ2n) is 5.27. The van der Waals surface area contributed by atoms with Gasteiger partial charge in [-0.05, 0) is 44.0 Å². The number of carbonyl (C=O) groups excluding carboxylic acids is 1. The first-order valence-corrected chi connectivity index (χ1v) is 6.98. The van der Waals surface area contributed by atoms with E-state index in [4.69, 9.17) is 9.47 Å². The average Bonchev–Trinajstić information content (AvgIpc) is 2.45. The van der Waals surface area contributed by atoms with Crippen molar-refractivity contribution in [2.45, 2.75) is 38.6 Å². The van der Waals surface area contributed by atoms with E-state index in [1.165, 1.54) is 12.7 Å². The summed E-state index contributed by atoms with van der Waals surface area (Å²) in [6.45, 7) is 5.05. The number of ether oxygens (including phenoxy) is 2. The van der Waals surface area contributed by atoms with Crippen molar-refractivity contribution in [3.05, 3.63) is 29.8 Å². The highest BCUT2D eigenvalue weighted by molar-refractivity contribution is 5.70. The molecule has 1 unspecified atom stereocenters. The van der Waals surface area contributed by atoms with Crippen LogP contribution in [-0.4, -0.2) is 32.3 Å². The third-order valence-corrected chi connectivity index (χ3v) is 3.32. The summed E-state index contributed by atoms with van der Waals surface area (Å²) in [6, 6.07) is 7.94. The summed E-state index contributed by atoms with van der Waals surface area (Å²) in [5.41, 5.74) is 0.873. The fourth-order valence-corrected chi connectivity index (χ4v) is 2.20. The lowest BCUT2D eigenvalue weighted by Gasteiger charge is -2.30. The van der Waals surface area contributed by atoms with Gasteiger partial charge in [0.15, 0.2) is 0 Å². The Morgan fingerprint density at radius 2 is 1.90 bits per heavy atom. The van der Waals surface area contributed by atoms with Gasteiger partial charge in [-0.1, -0.05) is 19.1 Å². The Kier molecular flexibility index (Phi) is 6.52. The molecule has 4 heteroatoms. The third kappa shape index (κ3) is 5.21. The van der Waals surface area contributed by atoms with Gasteiger partial charge < -0.3 is 14.8 Å². The van der Waals surface area contributed by atoms with Crippen molar-refractivity contribution in [1.29, 1.82) is 0 Å². The number of methoxy groups -OCH3 is 2. The zero-order chi connectivity index (χ0) is 15.0. The second-order valence-corrected chi connectivity index (χ2v) is 5.27. The smallest absolute Gasteiger partial charge is 0.307 e. The lowest BCUT2D eigenvalue weighted by molar-refractivity contribution is -0.142. The first-order chi connectivity index (χ1) is 9.53. The first kappa shape index (κ1) is 16.5.